The number of hydrogen-bond donors (Lipinski definition) is 2. The minimum absolute atomic E-state index is 0.0608. The number of benzene rings is 2. The van der Waals surface area contributed by atoms with Crippen LogP contribution >= 0.6 is 0 Å². The number of carbonyl (C=O) groups is 1. The Bertz CT molecular complexity index is 789. The second-order valence-electron chi connectivity index (χ2n) is 5.49. The number of fused-ring (bicyclic) bond motifs is 1. The summed E-state index contributed by atoms with van der Waals surface area (Å²) in [6, 6.07) is 14.7. The zero-order valence-corrected chi connectivity index (χ0v) is 11.4. The lowest BCUT2D eigenvalue weighted by Gasteiger charge is -2.06. The molecule has 0 spiro atoms. The predicted octanol–water partition coefficient (Wildman–Crippen LogP) is 3.31. The fraction of sp³-hybridized carbons (Fsp3) is 0.176. The fourth-order valence-electron chi connectivity index (χ4n) is 2.96. The van der Waals surface area contributed by atoms with Gasteiger partial charge < -0.3 is 5.32 Å². The highest BCUT2D eigenvalue weighted by Gasteiger charge is 2.44. The largest absolute Gasteiger partial charge is 0.323 e. The number of anilines is 1. The van der Waals surface area contributed by atoms with Gasteiger partial charge in [0, 0.05) is 12.1 Å². The first kappa shape index (κ1) is 12.1. The van der Waals surface area contributed by atoms with Crippen LogP contribution in [0.4, 0.5) is 5.69 Å². The molecule has 3 aromatic rings. The minimum Gasteiger partial charge on any atom is -0.323 e. The lowest BCUT2D eigenvalue weighted by atomic mass is 10.00. The molecule has 1 heterocycles. The van der Waals surface area contributed by atoms with Crippen molar-refractivity contribution in [2.24, 2.45) is 5.92 Å². The lowest BCUT2D eigenvalue weighted by molar-refractivity contribution is -0.117. The first-order chi connectivity index (χ1) is 10.3. The molecule has 2 aromatic carbocycles. The predicted molar refractivity (Wildman–Crippen MR) is 82.0 cm³/mol. The Labute approximate surface area is 122 Å². The van der Waals surface area contributed by atoms with Gasteiger partial charge in [0.15, 0.2) is 0 Å². The maximum absolute atomic E-state index is 12.2. The Morgan fingerprint density at radius 3 is 2.90 bits per heavy atom. The van der Waals surface area contributed by atoms with Crippen molar-refractivity contribution in [3.8, 4) is 0 Å². The second-order valence-corrected chi connectivity index (χ2v) is 5.49. The van der Waals surface area contributed by atoms with E-state index < -0.39 is 0 Å². The molecule has 2 atom stereocenters. The van der Waals surface area contributed by atoms with E-state index in [9.17, 15) is 4.79 Å². The van der Waals surface area contributed by atoms with Gasteiger partial charge in [0.05, 0.1) is 11.9 Å². The lowest BCUT2D eigenvalue weighted by Crippen LogP contribution is -2.14. The normalized spacial score (nSPS) is 20.4. The molecular weight excluding hydrogens is 262 g/mol. The third-order valence-corrected chi connectivity index (χ3v) is 4.12. The first-order valence-corrected chi connectivity index (χ1v) is 7.10. The Morgan fingerprint density at radius 1 is 1.19 bits per heavy atom. The van der Waals surface area contributed by atoms with Gasteiger partial charge in [-0.25, -0.2) is 0 Å². The summed E-state index contributed by atoms with van der Waals surface area (Å²) < 4.78 is 0. The molecule has 104 valence electrons. The monoisotopic (exact) mass is 277 g/mol. The molecule has 1 aliphatic carbocycles. The van der Waals surface area contributed by atoms with E-state index in [2.05, 4.69) is 51.9 Å². The molecule has 4 nitrogen and oxygen atoms in total. The maximum Gasteiger partial charge on any atom is 0.228 e. The second kappa shape index (κ2) is 4.74. The third kappa shape index (κ3) is 2.18. The Morgan fingerprint density at radius 2 is 2.05 bits per heavy atom. The van der Waals surface area contributed by atoms with Crippen LogP contribution in [0.2, 0.25) is 0 Å². The van der Waals surface area contributed by atoms with Gasteiger partial charge >= 0.3 is 0 Å². The van der Waals surface area contributed by atoms with E-state index >= 15 is 0 Å². The molecule has 1 fully saturated rings. The van der Waals surface area contributed by atoms with Crippen LogP contribution in [-0.2, 0) is 4.79 Å². The number of nitrogens with zero attached hydrogens (tertiary/aromatic N) is 1. The number of H-pyrrole nitrogens is 1. The average Bonchev–Trinajstić information content (AvgIpc) is 3.16. The number of rotatable bonds is 3. The average molecular weight is 277 g/mol. The molecule has 0 radical (unpaired) electrons. The van der Waals surface area contributed by atoms with E-state index in [1.165, 1.54) is 16.3 Å². The quantitative estimate of drug-likeness (QED) is 0.771. The summed E-state index contributed by atoms with van der Waals surface area (Å²) in [5.74, 6) is 0.461. The van der Waals surface area contributed by atoms with Crippen LogP contribution in [0.25, 0.3) is 10.8 Å². The van der Waals surface area contributed by atoms with Gasteiger partial charge in [-0.3, -0.25) is 9.89 Å². The maximum atomic E-state index is 12.2. The highest BCUT2D eigenvalue weighted by Crippen LogP contribution is 2.49. The van der Waals surface area contributed by atoms with Crippen molar-refractivity contribution < 1.29 is 4.79 Å². The van der Waals surface area contributed by atoms with Gasteiger partial charge in [0.1, 0.15) is 0 Å². The Hall–Kier alpha value is -2.62. The van der Waals surface area contributed by atoms with Gasteiger partial charge in [-0.15, -0.1) is 0 Å². The fourth-order valence-corrected chi connectivity index (χ4v) is 2.96. The summed E-state index contributed by atoms with van der Waals surface area (Å²) in [4.78, 5) is 12.2. The molecule has 0 aliphatic heterocycles. The molecule has 1 amide bonds. The van der Waals surface area contributed by atoms with Crippen molar-refractivity contribution in [3.05, 3.63) is 60.4 Å². The van der Waals surface area contributed by atoms with Crippen LogP contribution in [0.3, 0.4) is 0 Å². The van der Waals surface area contributed by atoms with Gasteiger partial charge in [0.25, 0.3) is 0 Å². The molecule has 0 bridgehead atoms. The number of aromatic nitrogens is 2. The molecule has 2 unspecified atom stereocenters. The smallest absolute Gasteiger partial charge is 0.228 e. The van der Waals surface area contributed by atoms with E-state index in [0.29, 0.717) is 5.92 Å². The summed E-state index contributed by atoms with van der Waals surface area (Å²) in [6.07, 6.45) is 4.22. The summed E-state index contributed by atoms with van der Waals surface area (Å²) in [7, 11) is 0. The van der Waals surface area contributed by atoms with E-state index in [-0.39, 0.29) is 11.8 Å². The number of aromatic amines is 1. The molecule has 21 heavy (non-hydrogen) atoms. The van der Waals surface area contributed by atoms with Crippen molar-refractivity contribution in [2.45, 2.75) is 12.3 Å². The van der Waals surface area contributed by atoms with E-state index in [4.69, 9.17) is 0 Å². The third-order valence-electron chi connectivity index (χ3n) is 4.12. The van der Waals surface area contributed by atoms with Gasteiger partial charge in [-0.2, -0.15) is 5.10 Å². The van der Waals surface area contributed by atoms with Crippen LogP contribution in [-0.4, -0.2) is 16.1 Å². The van der Waals surface area contributed by atoms with Crippen molar-refractivity contribution in [2.75, 3.05) is 5.32 Å². The number of carbonyl (C=O) groups excluding carboxylic acids is 1. The number of hydrogen-bond acceptors (Lipinski definition) is 2. The Kier molecular flexibility index (Phi) is 2.74. The van der Waals surface area contributed by atoms with Gasteiger partial charge in [-0.05, 0) is 28.7 Å². The van der Waals surface area contributed by atoms with E-state index in [1.807, 2.05) is 6.07 Å². The standard InChI is InChI=1S/C17H15N3O/c21-17(20-12-9-18-19-10-12)16-8-15(16)14-7-3-5-11-4-1-2-6-13(11)14/h1-7,9-10,15-16H,8H2,(H,18,19)(H,20,21). The van der Waals surface area contributed by atoms with Crippen LogP contribution in [0.1, 0.15) is 17.9 Å². The SMILES string of the molecule is O=C(Nc1cn[nH]c1)C1CC1c1cccc2ccccc12. The topological polar surface area (TPSA) is 57.8 Å². The zero-order chi connectivity index (χ0) is 14.2. The molecule has 1 aliphatic rings. The number of nitrogens with one attached hydrogen (secondary N) is 2. The van der Waals surface area contributed by atoms with Gasteiger partial charge in [-0.1, -0.05) is 42.5 Å². The highest BCUT2D eigenvalue weighted by atomic mass is 16.2. The minimum atomic E-state index is 0.0608. The molecule has 2 N–H and O–H groups in total. The summed E-state index contributed by atoms with van der Waals surface area (Å²) in [5, 5.41) is 11.9. The molecule has 4 heteroatoms. The first-order valence-electron chi connectivity index (χ1n) is 7.10. The molecular formula is C17H15N3O. The van der Waals surface area contributed by atoms with Gasteiger partial charge in [0.2, 0.25) is 5.91 Å². The number of amides is 1. The summed E-state index contributed by atoms with van der Waals surface area (Å²) in [5.41, 5.74) is 2.00. The Balaban J connectivity index is 1.57. The van der Waals surface area contributed by atoms with E-state index in [0.717, 1.165) is 12.1 Å². The van der Waals surface area contributed by atoms with Crippen molar-refractivity contribution in [3.63, 3.8) is 0 Å². The van der Waals surface area contributed by atoms with Crippen LogP contribution < -0.4 is 5.32 Å². The van der Waals surface area contributed by atoms with Crippen LogP contribution in [0.15, 0.2) is 54.9 Å². The molecule has 1 aromatic heterocycles. The van der Waals surface area contributed by atoms with Crippen LogP contribution in [0, 0.1) is 5.92 Å². The molecule has 0 saturated heterocycles. The highest BCUT2D eigenvalue weighted by molar-refractivity contribution is 5.96. The zero-order valence-electron chi connectivity index (χ0n) is 11.4. The van der Waals surface area contributed by atoms with Crippen molar-refractivity contribution in [1.29, 1.82) is 0 Å². The van der Waals surface area contributed by atoms with E-state index in [1.54, 1.807) is 12.4 Å². The summed E-state index contributed by atoms with van der Waals surface area (Å²) >= 11 is 0. The van der Waals surface area contributed by atoms with Crippen LogP contribution in [0.5, 0.6) is 0 Å². The molecule has 4 rings (SSSR count). The molecule has 1 saturated carbocycles. The van der Waals surface area contributed by atoms with Crippen molar-refractivity contribution in [1.82, 2.24) is 10.2 Å². The summed E-state index contributed by atoms with van der Waals surface area (Å²) in [6.45, 7) is 0. The van der Waals surface area contributed by atoms with Crippen molar-refractivity contribution >= 4 is 22.4 Å².